The van der Waals surface area contributed by atoms with E-state index in [0.717, 1.165) is 0 Å². The Kier molecular flexibility index (Phi) is 4.39. The zero-order valence-corrected chi connectivity index (χ0v) is 12.1. The normalized spacial score (nSPS) is 11.2. The summed E-state index contributed by atoms with van der Waals surface area (Å²) in [5.41, 5.74) is 0.405. The van der Waals surface area contributed by atoms with Crippen molar-refractivity contribution in [1.29, 1.82) is 0 Å². The summed E-state index contributed by atoms with van der Waals surface area (Å²) < 4.78 is 40.8. The molecule has 0 saturated carbocycles. The van der Waals surface area contributed by atoms with Gasteiger partial charge in [0.1, 0.15) is 11.6 Å². The number of anilines is 2. The molecule has 0 aliphatic carbocycles. The van der Waals surface area contributed by atoms with Crippen LogP contribution < -0.4 is 10.1 Å². The van der Waals surface area contributed by atoms with Gasteiger partial charge in [0.15, 0.2) is 0 Å². The molecule has 0 fully saturated rings. The second kappa shape index (κ2) is 5.88. The van der Waals surface area contributed by atoms with Crippen LogP contribution in [0.25, 0.3) is 0 Å². The van der Waals surface area contributed by atoms with Crippen LogP contribution in [-0.4, -0.2) is 11.3 Å². The van der Waals surface area contributed by atoms with Gasteiger partial charge in [0.2, 0.25) is 0 Å². The predicted octanol–water partition coefficient (Wildman–Crippen LogP) is 5.14. The molecule has 0 bridgehead atoms. The molecule has 0 atom stereocenters. The van der Waals surface area contributed by atoms with Gasteiger partial charge in [-0.25, -0.2) is 4.98 Å². The highest BCUT2D eigenvalue weighted by atomic mass is 79.9. The number of alkyl halides is 3. The number of halogens is 5. The van der Waals surface area contributed by atoms with Crippen molar-refractivity contribution in [2.45, 2.75) is 6.36 Å². The fraction of sp³-hybridized carbons (Fsp3) is 0.0833. The highest BCUT2D eigenvalue weighted by Gasteiger charge is 2.31. The Hall–Kier alpha value is -1.47. The third kappa shape index (κ3) is 4.28. The van der Waals surface area contributed by atoms with E-state index in [0.29, 0.717) is 21.0 Å². The Morgan fingerprint density at radius 2 is 2.00 bits per heavy atom. The van der Waals surface area contributed by atoms with Crippen LogP contribution in [0.3, 0.4) is 0 Å². The van der Waals surface area contributed by atoms with E-state index in [1.54, 1.807) is 12.1 Å². The van der Waals surface area contributed by atoms with Gasteiger partial charge < -0.3 is 10.1 Å². The molecule has 1 N–H and O–H groups in total. The molecule has 1 aromatic carbocycles. The SMILES string of the molecule is FC(F)(F)Oc1cccc(Nc2ncc(Cl)cc2Br)c1. The lowest BCUT2D eigenvalue weighted by Crippen LogP contribution is -2.17. The smallest absolute Gasteiger partial charge is 0.406 e. The molecule has 2 rings (SSSR count). The lowest BCUT2D eigenvalue weighted by Gasteiger charge is -2.11. The van der Waals surface area contributed by atoms with Crippen LogP contribution in [0.2, 0.25) is 5.02 Å². The third-order valence-electron chi connectivity index (χ3n) is 2.14. The molecule has 8 heteroatoms. The first-order valence-electron chi connectivity index (χ1n) is 5.27. The summed E-state index contributed by atoms with van der Waals surface area (Å²) in [4.78, 5) is 4.02. The molecular formula is C12H7BrClF3N2O. The van der Waals surface area contributed by atoms with Crippen molar-refractivity contribution in [2.24, 2.45) is 0 Å². The number of nitrogens with zero attached hydrogens (tertiary/aromatic N) is 1. The largest absolute Gasteiger partial charge is 0.573 e. The molecule has 0 amide bonds. The molecule has 0 unspecified atom stereocenters. The van der Waals surface area contributed by atoms with Gasteiger partial charge in [0.05, 0.1) is 9.50 Å². The number of aromatic nitrogens is 1. The summed E-state index contributed by atoms with van der Waals surface area (Å²) in [6.07, 6.45) is -3.30. The maximum atomic E-state index is 12.1. The first-order valence-corrected chi connectivity index (χ1v) is 6.44. The molecular weight excluding hydrogens is 360 g/mol. The Bertz CT molecular complexity index is 622. The molecule has 0 spiro atoms. The van der Waals surface area contributed by atoms with Crippen molar-refractivity contribution in [1.82, 2.24) is 4.98 Å². The number of hydrogen-bond acceptors (Lipinski definition) is 3. The molecule has 1 aromatic heterocycles. The van der Waals surface area contributed by atoms with Crippen LogP contribution in [-0.2, 0) is 0 Å². The maximum absolute atomic E-state index is 12.1. The third-order valence-corrected chi connectivity index (χ3v) is 2.95. The molecule has 0 radical (unpaired) electrons. The number of ether oxygens (including phenoxy) is 1. The van der Waals surface area contributed by atoms with E-state index in [4.69, 9.17) is 11.6 Å². The number of benzene rings is 1. The summed E-state index contributed by atoms with van der Waals surface area (Å²) in [7, 11) is 0. The number of pyridine rings is 1. The number of rotatable bonds is 3. The fourth-order valence-electron chi connectivity index (χ4n) is 1.41. The maximum Gasteiger partial charge on any atom is 0.573 e. The summed E-state index contributed by atoms with van der Waals surface area (Å²) in [5.74, 6) is 0.117. The minimum atomic E-state index is -4.72. The Balaban J connectivity index is 2.19. The van der Waals surface area contributed by atoms with Crippen molar-refractivity contribution in [3.8, 4) is 5.75 Å². The van der Waals surface area contributed by atoms with Crippen molar-refractivity contribution < 1.29 is 17.9 Å². The Morgan fingerprint density at radius 3 is 2.65 bits per heavy atom. The van der Waals surface area contributed by atoms with E-state index in [2.05, 4.69) is 31.0 Å². The van der Waals surface area contributed by atoms with E-state index in [1.807, 2.05) is 0 Å². The van der Waals surface area contributed by atoms with E-state index >= 15 is 0 Å². The lowest BCUT2D eigenvalue weighted by molar-refractivity contribution is -0.274. The summed E-state index contributed by atoms with van der Waals surface area (Å²) in [5, 5.41) is 3.30. The Labute approximate surface area is 125 Å². The standard InChI is InChI=1S/C12H7BrClF3N2O/c13-10-4-7(14)6-18-11(10)19-8-2-1-3-9(5-8)20-12(15,16)17/h1-6H,(H,18,19). The van der Waals surface area contributed by atoms with Gasteiger partial charge in [-0.1, -0.05) is 17.7 Å². The van der Waals surface area contributed by atoms with E-state index in [1.165, 1.54) is 24.4 Å². The zero-order valence-electron chi connectivity index (χ0n) is 9.71. The first-order chi connectivity index (χ1) is 9.33. The first kappa shape index (κ1) is 14.9. The van der Waals surface area contributed by atoms with Gasteiger partial charge in [0.25, 0.3) is 0 Å². The zero-order chi connectivity index (χ0) is 14.8. The average Bonchev–Trinajstić information content (AvgIpc) is 2.31. The summed E-state index contributed by atoms with van der Waals surface area (Å²) in [6.45, 7) is 0. The average molecular weight is 368 g/mol. The molecule has 2 aromatic rings. The molecule has 0 aliphatic rings. The van der Waals surface area contributed by atoms with E-state index in [-0.39, 0.29) is 5.75 Å². The van der Waals surface area contributed by atoms with Gasteiger partial charge in [0, 0.05) is 18.0 Å². The van der Waals surface area contributed by atoms with Crippen LogP contribution in [0.4, 0.5) is 24.7 Å². The fourth-order valence-corrected chi connectivity index (χ4v) is 2.15. The molecule has 0 aliphatic heterocycles. The van der Waals surface area contributed by atoms with E-state index < -0.39 is 6.36 Å². The van der Waals surface area contributed by atoms with E-state index in [9.17, 15) is 13.2 Å². The monoisotopic (exact) mass is 366 g/mol. The second-order valence-corrected chi connectivity index (χ2v) is 4.98. The van der Waals surface area contributed by atoms with Crippen LogP contribution in [0.5, 0.6) is 5.75 Å². The molecule has 20 heavy (non-hydrogen) atoms. The Morgan fingerprint density at radius 1 is 1.25 bits per heavy atom. The lowest BCUT2D eigenvalue weighted by atomic mass is 10.3. The van der Waals surface area contributed by atoms with Gasteiger partial charge in [-0.3, -0.25) is 0 Å². The number of nitrogens with one attached hydrogen (secondary N) is 1. The van der Waals surface area contributed by atoms with Crippen molar-refractivity contribution in [2.75, 3.05) is 5.32 Å². The quantitative estimate of drug-likeness (QED) is 0.815. The van der Waals surface area contributed by atoms with Crippen molar-refractivity contribution in [3.63, 3.8) is 0 Å². The van der Waals surface area contributed by atoms with Crippen LogP contribution in [0.1, 0.15) is 0 Å². The predicted molar refractivity (Wildman–Crippen MR) is 73.4 cm³/mol. The van der Waals surface area contributed by atoms with Gasteiger partial charge in [-0.05, 0) is 34.1 Å². The molecule has 1 heterocycles. The topological polar surface area (TPSA) is 34.1 Å². The molecule has 106 valence electrons. The summed E-state index contributed by atoms with van der Waals surface area (Å²) >= 11 is 9.00. The minimum Gasteiger partial charge on any atom is -0.406 e. The van der Waals surface area contributed by atoms with Crippen LogP contribution >= 0.6 is 27.5 Å². The second-order valence-electron chi connectivity index (χ2n) is 3.68. The highest BCUT2D eigenvalue weighted by molar-refractivity contribution is 9.10. The van der Waals surface area contributed by atoms with Gasteiger partial charge >= 0.3 is 6.36 Å². The van der Waals surface area contributed by atoms with Crippen LogP contribution in [0, 0.1) is 0 Å². The van der Waals surface area contributed by atoms with Crippen molar-refractivity contribution >= 4 is 39.0 Å². The highest BCUT2D eigenvalue weighted by Crippen LogP contribution is 2.29. The van der Waals surface area contributed by atoms with Crippen LogP contribution in [0.15, 0.2) is 41.0 Å². The number of hydrogen-bond donors (Lipinski definition) is 1. The summed E-state index contributed by atoms with van der Waals surface area (Å²) in [6, 6.07) is 7.07. The minimum absolute atomic E-state index is 0.312. The van der Waals surface area contributed by atoms with Gasteiger partial charge in [-0.15, -0.1) is 13.2 Å². The molecule has 0 saturated heterocycles. The van der Waals surface area contributed by atoms with Gasteiger partial charge in [-0.2, -0.15) is 0 Å². The molecule has 3 nitrogen and oxygen atoms in total. The van der Waals surface area contributed by atoms with Crippen molar-refractivity contribution in [3.05, 3.63) is 46.0 Å².